The summed E-state index contributed by atoms with van der Waals surface area (Å²) in [5.74, 6) is -0.385. The lowest BCUT2D eigenvalue weighted by Gasteiger charge is -2.15. The van der Waals surface area contributed by atoms with Crippen LogP contribution in [0.3, 0.4) is 0 Å². The van der Waals surface area contributed by atoms with Crippen molar-refractivity contribution in [1.29, 1.82) is 0 Å². The summed E-state index contributed by atoms with van der Waals surface area (Å²) < 4.78 is 7.16. The minimum Gasteiger partial charge on any atom is -0.466 e. The summed E-state index contributed by atoms with van der Waals surface area (Å²) in [5.41, 5.74) is 4.78. The molecule has 0 saturated heterocycles. The van der Waals surface area contributed by atoms with Crippen LogP contribution < -0.4 is 5.32 Å². The highest BCUT2D eigenvalue weighted by Gasteiger charge is 2.20. The first-order chi connectivity index (χ1) is 13.6. The molecule has 0 saturated carbocycles. The van der Waals surface area contributed by atoms with Gasteiger partial charge in [-0.2, -0.15) is 0 Å². The lowest BCUT2D eigenvalue weighted by Crippen LogP contribution is -2.17. The van der Waals surface area contributed by atoms with Gasteiger partial charge in [-0.1, -0.05) is 18.2 Å². The number of anilines is 1. The number of allylic oxidation sites excluding steroid dienone is 2. The van der Waals surface area contributed by atoms with E-state index in [2.05, 4.69) is 21.6 Å². The van der Waals surface area contributed by atoms with Gasteiger partial charge in [-0.05, 0) is 45.4 Å². The predicted octanol–water partition coefficient (Wildman–Crippen LogP) is 4.51. The number of carbonyl (C=O) groups excluding carboxylic acids is 1. The molecular weight excluding hydrogens is 372 g/mol. The molecule has 6 nitrogen and oxygen atoms in total. The number of hydrogen-bond donors (Lipinski definition) is 1. The molecule has 0 spiro atoms. The minimum absolute atomic E-state index is 0.176. The molecule has 1 atom stereocenters. The number of aromatic nitrogens is 3. The van der Waals surface area contributed by atoms with E-state index in [0.29, 0.717) is 13.0 Å². The zero-order valence-corrected chi connectivity index (χ0v) is 16.9. The second-order valence-corrected chi connectivity index (χ2v) is 7.84. The first-order valence-electron chi connectivity index (χ1n) is 9.30. The minimum atomic E-state index is -0.208. The van der Waals surface area contributed by atoms with Crippen molar-refractivity contribution >= 4 is 28.1 Å². The van der Waals surface area contributed by atoms with Crippen molar-refractivity contribution in [2.45, 2.75) is 27.2 Å². The monoisotopic (exact) mass is 394 g/mol. The van der Waals surface area contributed by atoms with Gasteiger partial charge in [-0.15, -0.1) is 11.3 Å². The summed E-state index contributed by atoms with van der Waals surface area (Å²) in [5, 5.41) is 4.19. The maximum Gasteiger partial charge on any atom is 0.313 e. The van der Waals surface area contributed by atoms with Gasteiger partial charge in [0, 0.05) is 16.8 Å². The van der Waals surface area contributed by atoms with Crippen molar-refractivity contribution in [1.82, 2.24) is 14.4 Å². The summed E-state index contributed by atoms with van der Waals surface area (Å²) >= 11 is 1.61. The van der Waals surface area contributed by atoms with Crippen LogP contribution in [-0.4, -0.2) is 26.9 Å². The predicted molar refractivity (Wildman–Crippen MR) is 111 cm³/mol. The van der Waals surface area contributed by atoms with E-state index in [1.54, 1.807) is 11.3 Å². The molecule has 7 heteroatoms. The van der Waals surface area contributed by atoms with E-state index in [0.717, 1.165) is 38.4 Å². The van der Waals surface area contributed by atoms with Crippen LogP contribution in [0.4, 0.5) is 5.13 Å². The molecule has 0 amide bonds. The maximum absolute atomic E-state index is 11.8. The number of fused-ring (bicyclic) bond motifs is 1. The number of nitrogens with zero attached hydrogens (tertiary/aromatic N) is 3. The van der Waals surface area contributed by atoms with E-state index < -0.39 is 0 Å². The third kappa shape index (κ3) is 3.45. The molecule has 1 aliphatic rings. The van der Waals surface area contributed by atoms with E-state index in [-0.39, 0.29) is 11.9 Å². The number of nitrogens with one attached hydrogen (secondary N) is 1. The number of imidazole rings is 1. The maximum atomic E-state index is 11.8. The number of pyridine rings is 1. The highest BCUT2D eigenvalue weighted by Crippen LogP contribution is 2.33. The third-order valence-corrected chi connectivity index (χ3v) is 5.55. The molecule has 0 bridgehead atoms. The summed E-state index contributed by atoms with van der Waals surface area (Å²) in [6.45, 7) is 6.31. The Balaban J connectivity index is 1.55. The molecule has 1 N–H and O–H groups in total. The van der Waals surface area contributed by atoms with E-state index in [1.165, 1.54) is 0 Å². The van der Waals surface area contributed by atoms with Crippen LogP contribution in [-0.2, 0) is 9.53 Å². The van der Waals surface area contributed by atoms with Crippen LogP contribution in [0, 0.1) is 19.8 Å². The fraction of sp³-hybridized carbons (Fsp3) is 0.286. The van der Waals surface area contributed by atoms with Crippen molar-refractivity contribution in [3.8, 4) is 11.4 Å². The average molecular weight is 395 g/mol. The van der Waals surface area contributed by atoms with Gasteiger partial charge in [-0.3, -0.25) is 9.20 Å². The van der Waals surface area contributed by atoms with Crippen molar-refractivity contribution in [2.75, 3.05) is 11.9 Å². The summed E-state index contributed by atoms with van der Waals surface area (Å²) in [6.07, 6.45) is 8.45. The largest absolute Gasteiger partial charge is 0.466 e. The van der Waals surface area contributed by atoms with E-state index in [4.69, 9.17) is 9.72 Å². The zero-order chi connectivity index (χ0) is 19.7. The molecule has 0 aromatic carbocycles. The fourth-order valence-corrected chi connectivity index (χ4v) is 4.16. The quantitative estimate of drug-likeness (QED) is 0.645. The molecule has 1 unspecified atom stereocenters. The SMILES string of the molecule is CCOC(=O)C1C=CC(Nc2nc(-c3c(C)nc4ccccn34)c(C)s2)=CC1. The van der Waals surface area contributed by atoms with Crippen LogP contribution >= 0.6 is 11.3 Å². The first-order valence-corrected chi connectivity index (χ1v) is 10.1. The van der Waals surface area contributed by atoms with Crippen molar-refractivity contribution in [2.24, 2.45) is 5.92 Å². The number of esters is 1. The lowest BCUT2D eigenvalue weighted by atomic mass is 10.00. The molecule has 0 aliphatic heterocycles. The Morgan fingerprint density at radius 1 is 1.36 bits per heavy atom. The molecule has 144 valence electrons. The van der Waals surface area contributed by atoms with Gasteiger partial charge in [0.2, 0.25) is 0 Å². The average Bonchev–Trinajstić information content (AvgIpc) is 3.20. The summed E-state index contributed by atoms with van der Waals surface area (Å²) in [6, 6.07) is 5.98. The number of rotatable bonds is 5. The van der Waals surface area contributed by atoms with Gasteiger partial charge >= 0.3 is 5.97 Å². The molecule has 28 heavy (non-hydrogen) atoms. The van der Waals surface area contributed by atoms with Crippen molar-refractivity contribution < 1.29 is 9.53 Å². The molecule has 0 radical (unpaired) electrons. The lowest BCUT2D eigenvalue weighted by molar-refractivity contribution is -0.146. The Kier molecular flexibility index (Phi) is 5.00. The molecule has 3 aromatic heterocycles. The van der Waals surface area contributed by atoms with Gasteiger partial charge < -0.3 is 10.1 Å². The number of hydrogen-bond acceptors (Lipinski definition) is 6. The standard InChI is InChI=1S/C21H22N4O2S/c1-4-27-20(26)15-8-10-16(11-9-15)23-21-24-18(14(3)28-21)19-13(2)22-17-7-5-6-12-25(17)19/h5-8,10-12,15H,4,9H2,1-3H3,(H,23,24). The second-order valence-electron chi connectivity index (χ2n) is 6.64. The molecule has 4 rings (SSSR count). The summed E-state index contributed by atoms with van der Waals surface area (Å²) in [7, 11) is 0. The number of aryl methyl sites for hydroxylation is 2. The van der Waals surface area contributed by atoms with Crippen molar-refractivity contribution in [3.63, 3.8) is 0 Å². The van der Waals surface area contributed by atoms with E-state index >= 15 is 0 Å². The molecule has 3 aromatic rings. The smallest absolute Gasteiger partial charge is 0.313 e. The van der Waals surface area contributed by atoms with Crippen LogP contribution in [0.5, 0.6) is 0 Å². The highest BCUT2D eigenvalue weighted by molar-refractivity contribution is 7.16. The van der Waals surface area contributed by atoms with Gasteiger partial charge in [0.15, 0.2) is 5.13 Å². The van der Waals surface area contributed by atoms with Crippen LogP contribution in [0.25, 0.3) is 17.0 Å². The van der Waals surface area contributed by atoms with Gasteiger partial charge in [0.05, 0.1) is 23.9 Å². The number of ether oxygens (including phenoxy) is 1. The number of carbonyl (C=O) groups is 1. The first kappa shape index (κ1) is 18.4. The van der Waals surface area contributed by atoms with Crippen molar-refractivity contribution in [3.05, 3.63) is 58.9 Å². The Hall–Kier alpha value is -2.93. The topological polar surface area (TPSA) is 68.5 Å². The van der Waals surface area contributed by atoms with Gasteiger partial charge in [0.1, 0.15) is 11.3 Å². The Labute approximate surface area is 167 Å². The van der Waals surface area contributed by atoms with Gasteiger partial charge in [-0.25, -0.2) is 9.97 Å². The molecule has 0 fully saturated rings. The molecule has 1 aliphatic carbocycles. The summed E-state index contributed by atoms with van der Waals surface area (Å²) in [4.78, 5) is 22.4. The van der Waals surface area contributed by atoms with E-state index in [1.807, 2.05) is 56.5 Å². The highest BCUT2D eigenvalue weighted by atomic mass is 32.1. The van der Waals surface area contributed by atoms with Crippen LogP contribution in [0.2, 0.25) is 0 Å². The molecular formula is C21H22N4O2S. The zero-order valence-electron chi connectivity index (χ0n) is 16.1. The van der Waals surface area contributed by atoms with Gasteiger partial charge in [0.25, 0.3) is 0 Å². The fourth-order valence-electron chi connectivity index (χ4n) is 3.33. The number of thiazole rings is 1. The Bertz CT molecular complexity index is 1090. The third-order valence-electron chi connectivity index (χ3n) is 4.67. The van der Waals surface area contributed by atoms with Crippen LogP contribution in [0.15, 0.2) is 48.3 Å². The van der Waals surface area contributed by atoms with E-state index in [9.17, 15) is 4.79 Å². The molecule has 3 heterocycles. The Morgan fingerprint density at radius 3 is 2.96 bits per heavy atom. The second kappa shape index (κ2) is 7.59. The normalized spacial score (nSPS) is 16.2. The van der Waals surface area contributed by atoms with Crippen LogP contribution in [0.1, 0.15) is 23.9 Å². The Morgan fingerprint density at radius 2 is 2.21 bits per heavy atom.